The number of ether oxygens (including phenoxy) is 1. The van der Waals surface area contributed by atoms with Gasteiger partial charge in [0.25, 0.3) is 5.56 Å². The number of rotatable bonds is 0. The van der Waals surface area contributed by atoms with E-state index in [2.05, 4.69) is 26.0 Å². The molecule has 0 saturated heterocycles. The molecule has 0 bridgehead atoms. The van der Waals surface area contributed by atoms with Crippen molar-refractivity contribution in [2.75, 3.05) is 0 Å². The Morgan fingerprint density at radius 2 is 2.53 bits per heavy atom. The number of aromatic amines is 1. The summed E-state index contributed by atoms with van der Waals surface area (Å²) in [4.78, 5) is 14.6. The summed E-state index contributed by atoms with van der Waals surface area (Å²) in [7, 11) is 0. The van der Waals surface area contributed by atoms with Crippen LogP contribution in [0.3, 0.4) is 0 Å². The molecule has 1 aliphatic heterocycles. The molecule has 0 aliphatic carbocycles. The average Bonchev–Trinajstić information content (AvgIpc) is 2.73. The van der Waals surface area contributed by atoms with Crippen molar-refractivity contribution in [1.29, 1.82) is 0 Å². The zero-order valence-electron chi connectivity index (χ0n) is 7.95. The Labute approximate surface area is 93.2 Å². The van der Waals surface area contributed by atoms with Crippen molar-refractivity contribution in [3.05, 3.63) is 32.3 Å². The van der Waals surface area contributed by atoms with Crippen LogP contribution in [0.25, 0.3) is 5.65 Å². The number of nitrogens with one attached hydrogen (secondary N) is 1. The first-order valence-electron chi connectivity index (χ1n) is 4.58. The van der Waals surface area contributed by atoms with Crippen molar-refractivity contribution >= 4 is 21.6 Å². The highest BCUT2D eigenvalue weighted by Gasteiger charge is 2.26. The number of halogens is 1. The molecule has 3 rings (SSSR count). The topological polar surface area (TPSA) is 59.4 Å². The fourth-order valence-electron chi connectivity index (χ4n) is 1.91. The first kappa shape index (κ1) is 9.11. The van der Waals surface area contributed by atoms with Gasteiger partial charge in [0.15, 0.2) is 5.65 Å². The van der Waals surface area contributed by atoms with E-state index in [1.165, 1.54) is 0 Å². The van der Waals surface area contributed by atoms with Gasteiger partial charge in [0.05, 0.1) is 34.6 Å². The van der Waals surface area contributed by atoms with Crippen molar-refractivity contribution in [1.82, 2.24) is 14.6 Å². The van der Waals surface area contributed by atoms with Crippen LogP contribution in [0.1, 0.15) is 24.3 Å². The molecule has 3 heterocycles. The van der Waals surface area contributed by atoms with Crippen molar-refractivity contribution < 1.29 is 4.74 Å². The number of aromatic nitrogens is 3. The molecule has 0 amide bonds. The molecule has 0 spiro atoms. The van der Waals surface area contributed by atoms with E-state index in [1.54, 1.807) is 10.7 Å². The predicted octanol–water partition coefficient (Wildman–Crippen LogP) is 1.38. The molecule has 1 unspecified atom stereocenters. The molecule has 0 radical (unpaired) electrons. The van der Waals surface area contributed by atoms with E-state index >= 15 is 0 Å². The molecule has 2 aromatic heterocycles. The highest BCUT2D eigenvalue weighted by molar-refractivity contribution is 9.10. The molecule has 1 atom stereocenters. The zero-order chi connectivity index (χ0) is 10.6. The third-order valence-corrected chi connectivity index (χ3v) is 3.22. The number of H-pyrrole nitrogens is 1. The lowest BCUT2D eigenvalue weighted by atomic mass is 10.2. The Morgan fingerprint density at radius 1 is 1.73 bits per heavy atom. The highest BCUT2D eigenvalue weighted by Crippen LogP contribution is 2.28. The molecule has 0 aromatic carbocycles. The molecule has 15 heavy (non-hydrogen) atoms. The van der Waals surface area contributed by atoms with Crippen LogP contribution in [0.2, 0.25) is 0 Å². The van der Waals surface area contributed by atoms with Gasteiger partial charge in [-0.2, -0.15) is 5.10 Å². The van der Waals surface area contributed by atoms with Gasteiger partial charge in [-0.15, -0.1) is 0 Å². The largest absolute Gasteiger partial charge is 0.367 e. The minimum Gasteiger partial charge on any atom is -0.367 e. The molecule has 2 aromatic rings. The van der Waals surface area contributed by atoms with E-state index in [0.717, 1.165) is 10.2 Å². The summed E-state index contributed by atoms with van der Waals surface area (Å²) in [6.07, 6.45) is 1.50. The highest BCUT2D eigenvalue weighted by atomic mass is 79.9. The van der Waals surface area contributed by atoms with E-state index < -0.39 is 0 Å². The van der Waals surface area contributed by atoms with Gasteiger partial charge in [0, 0.05) is 0 Å². The average molecular weight is 270 g/mol. The van der Waals surface area contributed by atoms with Crippen molar-refractivity contribution in [3.8, 4) is 0 Å². The van der Waals surface area contributed by atoms with Gasteiger partial charge in [-0.3, -0.25) is 4.79 Å². The van der Waals surface area contributed by atoms with Crippen LogP contribution >= 0.6 is 15.9 Å². The zero-order valence-corrected chi connectivity index (χ0v) is 9.54. The van der Waals surface area contributed by atoms with Gasteiger partial charge in [0.1, 0.15) is 0 Å². The van der Waals surface area contributed by atoms with Gasteiger partial charge >= 0.3 is 0 Å². The second-order valence-electron chi connectivity index (χ2n) is 3.52. The lowest BCUT2D eigenvalue weighted by Gasteiger charge is -2.02. The summed E-state index contributed by atoms with van der Waals surface area (Å²) in [5.74, 6) is 0. The Kier molecular flexibility index (Phi) is 1.78. The van der Waals surface area contributed by atoms with E-state index in [0.29, 0.717) is 17.8 Å². The third kappa shape index (κ3) is 1.12. The van der Waals surface area contributed by atoms with Crippen molar-refractivity contribution in [2.24, 2.45) is 0 Å². The van der Waals surface area contributed by atoms with Crippen LogP contribution in [-0.4, -0.2) is 14.6 Å². The molecule has 0 saturated carbocycles. The van der Waals surface area contributed by atoms with Gasteiger partial charge in [-0.1, -0.05) is 0 Å². The van der Waals surface area contributed by atoms with Gasteiger partial charge in [0.2, 0.25) is 0 Å². The van der Waals surface area contributed by atoms with Crippen molar-refractivity contribution in [3.63, 3.8) is 0 Å². The maximum Gasteiger partial charge on any atom is 0.257 e. The summed E-state index contributed by atoms with van der Waals surface area (Å²) < 4.78 is 7.92. The Morgan fingerprint density at radius 3 is 3.33 bits per heavy atom. The maximum absolute atomic E-state index is 11.8. The molecular formula is C9H8BrN3O2. The summed E-state index contributed by atoms with van der Waals surface area (Å²) in [5.41, 5.74) is 2.10. The molecule has 0 fully saturated rings. The van der Waals surface area contributed by atoms with Gasteiger partial charge in [-0.25, -0.2) is 4.52 Å². The fraction of sp³-hybridized carbons (Fsp3) is 0.333. The summed E-state index contributed by atoms with van der Waals surface area (Å²) in [5, 5.41) is 4.19. The first-order valence-corrected chi connectivity index (χ1v) is 5.37. The standard InChI is InChI=1S/C9H8BrN3O2/c1-4-7-6(3-15-4)13-8(12-9(7)14)5(10)2-11-13/h2,4H,3H2,1H3,(H,12,14). The fourth-order valence-corrected chi connectivity index (χ4v) is 2.27. The van der Waals surface area contributed by atoms with Crippen LogP contribution in [0.5, 0.6) is 0 Å². The van der Waals surface area contributed by atoms with Crippen LogP contribution < -0.4 is 5.56 Å². The lowest BCUT2D eigenvalue weighted by molar-refractivity contribution is 0.0777. The summed E-state index contributed by atoms with van der Waals surface area (Å²) in [6, 6.07) is 0. The molecule has 5 nitrogen and oxygen atoms in total. The Hall–Kier alpha value is -1.14. The van der Waals surface area contributed by atoms with E-state index in [1.807, 2.05) is 6.92 Å². The third-order valence-electron chi connectivity index (χ3n) is 2.64. The van der Waals surface area contributed by atoms with Crippen molar-refractivity contribution in [2.45, 2.75) is 19.6 Å². The SMILES string of the molecule is CC1OCc2c1c(=O)[nH]c1c(Br)cnn21. The van der Waals surface area contributed by atoms with E-state index in [-0.39, 0.29) is 11.7 Å². The Bertz CT molecular complexity index is 601. The number of nitrogens with zero attached hydrogens (tertiary/aromatic N) is 2. The van der Waals surface area contributed by atoms with Crippen LogP contribution in [-0.2, 0) is 11.3 Å². The predicted molar refractivity (Wildman–Crippen MR) is 56.7 cm³/mol. The van der Waals surface area contributed by atoms with E-state index in [9.17, 15) is 4.79 Å². The molecule has 1 N–H and O–H groups in total. The molecule has 1 aliphatic rings. The lowest BCUT2D eigenvalue weighted by Crippen LogP contribution is -2.17. The van der Waals surface area contributed by atoms with Gasteiger partial charge in [-0.05, 0) is 22.9 Å². The quantitative estimate of drug-likeness (QED) is 0.786. The number of hydrogen-bond acceptors (Lipinski definition) is 3. The second-order valence-corrected chi connectivity index (χ2v) is 4.37. The van der Waals surface area contributed by atoms with Crippen LogP contribution in [0, 0.1) is 0 Å². The molecular weight excluding hydrogens is 262 g/mol. The summed E-state index contributed by atoms with van der Waals surface area (Å²) >= 11 is 3.33. The monoisotopic (exact) mass is 269 g/mol. The number of fused-ring (bicyclic) bond motifs is 3. The Balaban J connectivity index is 2.49. The minimum atomic E-state index is -0.156. The summed E-state index contributed by atoms with van der Waals surface area (Å²) in [6.45, 7) is 2.30. The van der Waals surface area contributed by atoms with E-state index in [4.69, 9.17) is 4.74 Å². The minimum absolute atomic E-state index is 0.0938. The maximum atomic E-state index is 11.8. The molecule has 6 heteroatoms. The smallest absolute Gasteiger partial charge is 0.257 e. The van der Waals surface area contributed by atoms with Crippen LogP contribution in [0.15, 0.2) is 15.5 Å². The van der Waals surface area contributed by atoms with Gasteiger partial charge < -0.3 is 9.72 Å². The first-order chi connectivity index (χ1) is 7.18. The second kappa shape index (κ2) is 2.93. The van der Waals surface area contributed by atoms with Crippen LogP contribution in [0.4, 0.5) is 0 Å². The number of hydrogen-bond donors (Lipinski definition) is 1. The molecule has 78 valence electrons. The normalized spacial score (nSPS) is 19.7.